The maximum Gasteiger partial charge on any atom is 0.244 e. The van der Waals surface area contributed by atoms with Crippen molar-refractivity contribution >= 4 is 43.5 Å². The van der Waals surface area contributed by atoms with E-state index in [0.29, 0.717) is 12.2 Å². The van der Waals surface area contributed by atoms with Crippen molar-refractivity contribution in [2.75, 3.05) is 23.7 Å². The fourth-order valence-corrected chi connectivity index (χ4v) is 9.17. The van der Waals surface area contributed by atoms with Crippen LogP contribution in [0.1, 0.15) is 69.9 Å². The Kier molecular flexibility index (Phi) is 8.86. The number of halogens is 1. The zero-order valence-electron chi connectivity index (χ0n) is 24.3. The summed E-state index contributed by atoms with van der Waals surface area (Å²) >= 11 is 3.47. The van der Waals surface area contributed by atoms with Gasteiger partial charge in [-0.2, -0.15) is 0 Å². The van der Waals surface area contributed by atoms with Gasteiger partial charge in [0.2, 0.25) is 21.8 Å². The molecule has 2 aromatic carbocycles. The summed E-state index contributed by atoms with van der Waals surface area (Å²) in [6, 6.07) is 14.7. The lowest BCUT2D eigenvalue weighted by Gasteiger charge is -2.57. The lowest BCUT2D eigenvalue weighted by Crippen LogP contribution is -2.51. The van der Waals surface area contributed by atoms with E-state index in [0.717, 1.165) is 40.5 Å². The molecule has 4 aliphatic rings. The Morgan fingerprint density at radius 1 is 1.02 bits per heavy atom. The second-order valence-electron chi connectivity index (χ2n) is 12.6. The van der Waals surface area contributed by atoms with Gasteiger partial charge in [0.25, 0.3) is 0 Å². The molecule has 1 atom stereocenters. The van der Waals surface area contributed by atoms with E-state index < -0.39 is 22.0 Å². The average Bonchev–Trinajstić information content (AvgIpc) is 2.91. The van der Waals surface area contributed by atoms with Gasteiger partial charge in [0.15, 0.2) is 0 Å². The first-order valence-electron chi connectivity index (χ1n) is 14.9. The number of hydrogen-bond donors (Lipinski definition) is 1. The summed E-state index contributed by atoms with van der Waals surface area (Å²) in [4.78, 5) is 28.2. The van der Waals surface area contributed by atoms with Gasteiger partial charge in [-0.25, -0.2) is 8.42 Å². The van der Waals surface area contributed by atoms with Gasteiger partial charge in [-0.1, -0.05) is 47.1 Å². The van der Waals surface area contributed by atoms with E-state index in [2.05, 4.69) is 33.4 Å². The summed E-state index contributed by atoms with van der Waals surface area (Å²) in [6.07, 6.45) is 9.70. The normalized spacial score (nSPS) is 25.5. The smallest absolute Gasteiger partial charge is 0.244 e. The van der Waals surface area contributed by atoms with Gasteiger partial charge in [0.1, 0.15) is 12.6 Å². The molecule has 6 rings (SSSR count). The summed E-state index contributed by atoms with van der Waals surface area (Å²) in [5, 5.41) is 2.87. The van der Waals surface area contributed by atoms with Crippen molar-refractivity contribution in [3.63, 3.8) is 0 Å². The van der Waals surface area contributed by atoms with Crippen LogP contribution in [0, 0.1) is 17.8 Å². The van der Waals surface area contributed by atoms with E-state index in [9.17, 15) is 18.0 Å². The van der Waals surface area contributed by atoms with E-state index in [1.165, 1.54) is 53.3 Å². The van der Waals surface area contributed by atoms with Crippen LogP contribution >= 0.6 is 15.9 Å². The topological polar surface area (TPSA) is 86.8 Å². The summed E-state index contributed by atoms with van der Waals surface area (Å²) in [5.41, 5.74) is 2.83. The van der Waals surface area contributed by atoms with Gasteiger partial charge in [-0.15, -0.1) is 0 Å². The molecular formula is C32H42BrN3O4S. The van der Waals surface area contributed by atoms with Crippen LogP contribution in [0.5, 0.6) is 0 Å². The molecule has 4 bridgehead atoms. The first kappa shape index (κ1) is 30.1. The van der Waals surface area contributed by atoms with Crippen molar-refractivity contribution in [2.24, 2.45) is 17.8 Å². The lowest BCUT2D eigenvalue weighted by molar-refractivity contribution is -0.139. The first-order chi connectivity index (χ1) is 19.5. The molecule has 4 fully saturated rings. The second kappa shape index (κ2) is 12.1. The van der Waals surface area contributed by atoms with Gasteiger partial charge in [-0.3, -0.25) is 13.9 Å². The fraction of sp³-hybridized carbons (Fsp3) is 0.562. The minimum Gasteiger partial charge on any atom is -0.354 e. The first-order valence-corrected chi connectivity index (χ1v) is 17.5. The van der Waals surface area contributed by atoms with Crippen LogP contribution in [-0.2, 0) is 31.6 Å². The highest BCUT2D eigenvalue weighted by molar-refractivity contribution is 9.10. The molecule has 0 saturated heterocycles. The van der Waals surface area contributed by atoms with Gasteiger partial charge >= 0.3 is 0 Å². The van der Waals surface area contributed by atoms with Crippen molar-refractivity contribution in [1.82, 2.24) is 10.2 Å². The number of carbonyl (C=O) groups excluding carboxylic acids is 2. The van der Waals surface area contributed by atoms with Gasteiger partial charge < -0.3 is 10.2 Å². The van der Waals surface area contributed by atoms with Crippen LogP contribution in [0.25, 0.3) is 0 Å². The molecule has 0 radical (unpaired) electrons. The number of hydrogen-bond acceptors (Lipinski definition) is 4. The highest BCUT2D eigenvalue weighted by atomic mass is 79.9. The maximum absolute atomic E-state index is 13.8. The van der Waals surface area contributed by atoms with Crippen LogP contribution in [-0.4, -0.2) is 50.5 Å². The number of sulfonamides is 1. The number of benzene rings is 2. The SMILES string of the molecule is CCCNC(=O)[C@@H](C)N(Cc1cccc(Br)c1)C(=O)CN(c1ccc(C23CC4CC(CC(C4)C2)C3)cc1)S(C)(=O)=O. The number of nitrogens with one attached hydrogen (secondary N) is 1. The van der Waals surface area contributed by atoms with Crippen molar-refractivity contribution in [3.8, 4) is 0 Å². The summed E-state index contributed by atoms with van der Waals surface area (Å²) in [5.74, 6) is 1.76. The molecule has 0 aromatic heterocycles. The number of rotatable bonds is 11. The summed E-state index contributed by atoms with van der Waals surface area (Å²) in [6.45, 7) is 3.96. The highest BCUT2D eigenvalue weighted by Crippen LogP contribution is 2.60. The Morgan fingerprint density at radius 3 is 2.17 bits per heavy atom. The van der Waals surface area contributed by atoms with Crippen LogP contribution in [0.2, 0.25) is 0 Å². The van der Waals surface area contributed by atoms with Gasteiger partial charge in [-0.05, 0) is 110 Å². The average molecular weight is 645 g/mol. The Labute approximate surface area is 253 Å². The molecule has 0 aliphatic heterocycles. The van der Waals surface area contributed by atoms with Crippen LogP contribution in [0.15, 0.2) is 53.0 Å². The Hall–Kier alpha value is -2.39. The third-order valence-corrected chi connectivity index (χ3v) is 11.1. The molecule has 41 heavy (non-hydrogen) atoms. The predicted molar refractivity (Wildman–Crippen MR) is 166 cm³/mol. The molecule has 0 heterocycles. The van der Waals surface area contributed by atoms with Crippen molar-refractivity contribution in [2.45, 2.75) is 76.8 Å². The van der Waals surface area contributed by atoms with Crippen LogP contribution in [0.3, 0.4) is 0 Å². The van der Waals surface area contributed by atoms with E-state index in [-0.39, 0.29) is 24.4 Å². The number of carbonyl (C=O) groups is 2. The quantitative estimate of drug-likeness (QED) is 0.344. The molecule has 4 aliphatic carbocycles. The fourth-order valence-electron chi connectivity index (χ4n) is 7.87. The number of anilines is 1. The van der Waals surface area contributed by atoms with E-state index in [1.54, 1.807) is 6.92 Å². The number of nitrogens with zero attached hydrogens (tertiary/aromatic N) is 2. The zero-order valence-corrected chi connectivity index (χ0v) is 26.7. The van der Waals surface area contributed by atoms with E-state index in [4.69, 9.17) is 0 Å². The third-order valence-electron chi connectivity index (χ3n) is 9.44. The predicted octanol–water partition coefficient (Wildman–Crippen LogP) is 5.63. The molecule has 1 N–H and O–H groups in total. The Bertz CT molecular complexity index is 1340. The zero-order chi connectivity index (χ0) is 29.4. The minimum absolute atomic E-state index is 0.182. The minimum atomic E-state index is -3.77. The highest BCUT2D eigenvalue weighted by Gasteiger charge is 2.51. The summed E-state index contributed by atoms with van der Waals surface area (Å²) in [7, 11) is -3.77. The number of amides is 2. The molecule has 222 valence electrons. The molecule has 7 nitrogen and oxygen atoms in total. The lowest BCUT2D eigenvalue weighted by atomic mass is 9.48. The van der Waals surface area contributed by atoms with Gasteiger partial charge in [0, 0.05) is 17.6 Å². The second-order valence-corrected chi connectivity index (χ2v) is 15.5. The Balaban J connectivity index is 1.38. The molecule has 0 unspecified atom stereocenters. The van der Waals surface area contributed by atoms with E-state index in [1.807, 2.05) is 43.3 Å². The molecule has 4 saturated carbocycles. The molecule has 2 amide bonds. The van der Waals surface area contributed by atoms with E-state index >= 15 is 0 Å². The van der Waals surface area contributed by atoms with Crippen molar-refractivity contribution in [1.29, 1.82) is 0 Å². The largest absolute Gasteiger partial charge is 0.354 e. The standard InChI is InChI=1S/C32H42BrN3O4S/c1-4-12-34-31(38)22(2)35(20-23-6-5-7-28(33)16-23)30(37)21-36(41(3,39)40)29-10-8-27(9-11-29)32-17-24-13-25(18-32)15-26(14-24)19-32/h5-11,16,22,24-26H,4,12-15,17-21H2,1-3H3,(H,34,38)/t22-,24?,25?,26?,32?/m1/s1. The maximum atomic E-state index is 13.8. The van der Waals surface area contributed by atoms with Crippen LogP contribution < -0.4 is 9.62 Å². The Morgan fingerprint density at radius 2 is 1.63 bits per heavy atom. The monoisotopic (exact) mass is 643 g/mol. The summed E-state index contributed by atoms with van der Waals surface area (Å²) < 4.78 is 28.1. The molecular weight excluding hydrogens is 602 g/mol. The molecule has 9 heteroatoms. The van der Waals surface area contributed by atoms with Crippen LogP contribution in [0.4, 0.5) is 5.69 Å². The van der Waals surface area contributed by atoms with Crippen molar-refractivity contribution in [3.05, 3.63) is 64.1 Å². The van der Waals surface area contributed by atoms with Gasteiger partial charge in [0.05, 0.1) is 11.9 Å². The molecule has 2 aromatic rings. The van der Waals surface area contributed by atoms with Crippen molar-refractivity contribution < 1.29 is 18.0 Å². The molecule has 0 spiro atoms. The third kappa shape index (κ3) is 6.66.